The summed E-state index contributed by atoms with van der Waals surface area (Å²) in [5, 5.41) is 30.9. The summed E-state index contributed by atoms with van der Waals surface area (Å²) in [5.41, 5.74) is 23.7. The van der Waals surface area contributed by atoms with Crippen molar-refractivity contribution in [3.8, 4) is 34.5 Å². The third kappa shape index (κ3) is 55.0. The van der Waals surface area contributed by atoms with Gasteiger partial charge in [-0.3, -0.25) is 19.2 Å². The number of aromatic hydroxyl groups is 1. The highest BCUT2D eigenvalue weighted by atomic mass is 19.1. The van der Waals surface area contributed by atoms with Crippen LogP contribution in [0.15, 0.2) is 204 Å². The molecule has 0 bridgehead atoms. The predicted octanol–water partition coefficient (Wildman–Crippen LogP) is 16.9. The highest BCUT2D eigenvalue weighted by Gasteiger charge is 2.16. The van der Waals surface area contributed by atoms with E-state index in [1.165, 1.54) is 74.6 Å². The first-order valence-corrected chi connectivity index (χ1v) is 38.4. The Balaban J connectivity index is 0.000000641. The van der Waals surface area contributed by atoms with Crippen molar-refractivity contribution in [2.24, 2.45) is 56.9 Å². The number of aliphatic imine (C=N–C) groups is 1. The summed E-state index contributed by atoms with van der Waals surface area (Å²) < 4.78 is 52.4. The number of likely N-dealkylation sites (tertiary alicyclic amines) is 2. The van der Waals surface area contributed by atoms with E-state index in [9.17, 15) is 28.0 Å². The molecule has 10 rings (SSSR count). The van der Waals surface area contributed by atoms with Gasteiger partial charge in [0, 0.05) is 76.2 Å². The van der Waals surface area contributed by atoms with Crippen LogP contribution in [0.25, 0.3) is 0 Å². The fourth-order valence-electron chi connectivity index (χ4n) is 9.05. The molecule has 2 heterocycles. The largest absolute Gasteiger partial charge is 0.508 e. The van der Waals surface area contributed by atoms with E-state index >= 15 is 0 Å². The number of hydrogen-bond acceptors (Lipinski definition) is 20. The minimum Gasteiger partial charge on any atom is -0.508 e. The average Bonchev–Trinajstić information content (AvgIpc) is 0.922. The molecule has 2 saturated heterocycles. The van der Waals surface area contributed by atoms with Gasteiger partial charge in [0.15, 0.2) is 0 Å². The van der Waals surface area contributed by atoms with Crippen molar-refractivity contribution in [3.63, 3.8) is 0 Å². The van der Waals surface area contributed by atoms with E-state index in [2.05, 4.69) is 102 Å². The second kappa shape index (κ2) is 63.0. The van der Waals surface area contributed by atoms with Crippen LogP contribution in [0.5, 0.6) is 34.5 Å². The van der Waals surface area contributed by atoms with Gasteiger partial charge < -0.3 is 71.4 Å². The molecule has 0 spiro atoms. The number of phenols is 1. The van der Waals surface area contributed by atoms with Gasteiger partial charge in [-0.15, -0.1) is 0 Å². The lowest BCUT2D eigenvalue weighted by Crippen LogP contribution is -2.40. The van der Waals surface area contributed by atoms with E-state index in [1.54, 1.807) is 36.4 Å². The SMILES string of the molecule is CC(=O)O.CC(C)COc1ccc(/C=N/O)cc1.CC(C)COc1ccc(C=O)cc1.CC(C)COc1ccc(CN)cc1.CC(C)COc1ccc(CN)cc1.CC(C)COc1ccc(CN=C=O)cc1.CN1CCC(=O)CC1.CN1CCC(NCc2ccc(F)cc2)CC1.NCc1ccc(F)cc1.O=Cc1ccc(O)cc1. The van der Waals surface area contributed by atoms with Crippen molar-refractivity contribution >= 4 is 36.6 Å². The molecular weight excluding hydrogens is 1450 g/mol. The van der Waals surface area contributed by atoms with Gasteiger partial charge in [0.1, 0.15) is 64.5 Å². The summed E-state index contributed by atoms with van der Waals surface area (Å²) in [7, 11) is 4.21. The van der Waals surface area contributed by atoms with E-state index in [1.807, 2.05) is 128 Å². The maximum absolute atomic E-state index is 12.7. The number of oxime groups is 1. The van der Waals surface area contributed by atoms with Gasteiger partial charge in [-0.1, -0.05) is 135 Å². The number of nitrogens with two attached hydrogens (primary N) is 3. The fraction of sp³-hybridized carbons (Fsp3) is 0.407. The zero-order valence-electron chi connectivity index (χ0n) is 69.1. The number of carboxylic acid groups (broad SMARTS) is 1. The van der Waals surface area contributed by atoms with Gasteiger partial charge in [0.05, 0.1) is 45.8 Å². The Labute approximate surface area is 675 Å². The molecule has 0 atom stereocenters. The van der Waals surface area contributed by atoms with Crippen molar-refractivity contribution in [1.29, 1.82) is 0 Å². The standard InChI is InChI=1S/C13H19FN2.C12H15NO2.C11H15NO2.2C11H17NO.C11H14O2.C7H8FN.C7H6O2.C6H11NO.C2H4O2/c1-16-8-6-13(7-9-16)15-10-11-2-4-12(14)5-3-11;1-10(2)8-15-12-5-3-11(4-6-12)7-13-9-14;1-9(2)8-14-11-5-3-10(4-6-11)7-12-13;3*1-9(2)8-13-11-5-3-10(7-12)4-6-11;8-7-3-1-6(5-9)2-4-7;8-5-6-1-3-7(9)4-2-6;1-7-4-2-6(8)3-5-7;1-2(3)4/h2-5,13,15H,6-10H2,1H3;3-6,10H,7-8H2,1-2H3;3-7,9,13H,8H2,1-2H3;2*3-6,9H,7-8,12H2,1-2H3;3-7,9H,8H2,1-2H3;1-4H,5,9H2;1-5,9H;2-5H2,1H3;1H3,(H,3,4)/b;;12-7+;;;;;;;. The van der Waals surface area contributed by atoms with Gasteiger partial charge in [-0.25, -0.2) is 18.6 Å². The zero-order chi connectivity index (χ0) is 84.9. The third-order valence-electron chi connectivity index (χ3n) is 15.5. The molecule has 8 aromatic rings. The summed E-state index contributed by atoms with van der Waals surface area (Å²) in [5.74, 6) is 6.43. The number of phenolic OH excluding ortho intramolecular Hbond substituents is 1. The lowest BCUT2D eigenvalue weighted by atomic mass is 10.1. The average molecular weight is 1580 g/mol. The highest BCUT2D eigenvalue weighted by molar-refractivity contribution is 5.80. The summed E-state index contributed by atoms with van der Waals surface area (Å²) in [4.78, 5) is 57.9. The Bertz CT molecular complexity index is 3770. The Kier molecular flexibility index (Phi) is 56.1. The Morgan fingerprint density at radius 3 is 1.05 bits per heavy atom. The minimum absolute atomic E-state index is 0.164. The molecule has 0 saturated carbocycles. The number of isocyanates is 1. The summed E-state index contributed by atoms with van der Waals surface area (Å²) in [6, 6.07) is 57.5. The van der Waals surface area contributed by atoms with Gasteiger partial charge >= 0.3 is 0 Å². The summed E-state index contributed by atoms with van der Waals surface area (Å²) in [6.45, 7) is 33.0. The van der Waals surface area contributed by atoms with E-state index in [4.69, 9.17) is 61.1 Å². The van der Waals surface area contributed by atoms with Crippen LogP contribution in [0.1, 0.15) is 156 Å². The molecule has 10 N–H and O–H groups in total. The topological polar surface area (TPSA) is 313 Å². The first kappa shape index (κ1) is 102. The molecule has 0 amide bonds. The Morgan fingerprint density at radius 2 is 0.763 bits per heavy atom. The molecule has 622 valence electrons. The van der Waals surface area contributed by atoms with Crippen molar-refractivity contribution in [2.45, 2.75) is 141 Å². The molecule has 0 aromatic heterocycles. The molecule has 8 aromatic carbocycles. The van der Waals surface area contributed by atoms with Crippen LogP contribution in [-0.4, -0.2) is 141 Å². The second-order valence-corrected chi connectivity index (χ2v) is 28.8. The Morgan fingerprint density at radius 1 is 0.482 bits per heavy atom. The Hall–Kier alpha value is -10.5. The van der Waals surface area contributed by atoms with E-state index in [0.29, 0.717) is 98.5 Å². The third-order valence-corrected chi connectivity index (χ3v) is 15.5. The van der Waals surface area contributed by atoms with Crippen molar-refractivity contribution < 1.29 is 71.9 Å². The lowest BCUT2D eigenvalue weighted by molar-refractivity contribution is -0.134. The number of carbonyl (C=O) groups excluding carboxylic acids is 4. The van der Waals surface area contributed by atoms with Crippen LogP contribution in [0.4, 0.5) is 8.78 Å². The van der Waals surface area contributed by atoms with Crippen LogP contribution in [0, 0.1) is 41.2 Å². The number of carboxylic acids is 1. The number of halogens is 2. The second-order valence-electron chi connectivity index (χ2n) is 28.8. The van der Waals surface area contributed by atoms with Crippen LogP contribution in [0.2, 0.25) is 0 Å². The molecule has 0 radical (unpaired) electrons. The molecule has 2 aliphatic heterocycles. The number of nitrogens with zero attached hydrogens (tertiary/aromatic N) is 4. The number of aliphatic carboxylic acids is 1. The van der Waals surface area contributed by atoms with Gasteiger partial charge in [-0.2, -0.15) is 0 Å². The molecule has 2 aliphatic rings. The highest BCUT2D eigenvalue weighted by Crippen LogP contribution is 2.19. The number of nitrogens with one attached hydrogen (secondary N) is 1. The van der Waals surface area contributed by atoms with Crippen LogP contribution < -0.4 is 46.2 Å². The van der Waals surface area contributed by atoms with Gasteiger partial charge in [0.25, 0.3) is 5.97 Å². The van der Waals surface area contributed by atoms with Crippen molar-refractivity contribution in [3.05, 3.63) is 250 Å². The predicted molar refractivity (Wildman–Crippen MR) is 453 cm³/mol. The molecule has 114 heavy (non-hydrogen) atoms. The minimum atomic E-state index is -0.833. The monoisotopic (exact) mass is 1580 g/mol. The number of Topliss-reactive ketones (excluding diaryl/α,β-unsaturated/α-hetero) is 1. The smallest absolute Gasteiger partial charge is 0.300 e. The molecular formula is C91H126F2N8O13. The number of piperidine rings is 2. The zero-order valence-corrected chi connectivity index (χ0v) is 69.1. The van der Waals surface area contributed by atoms with Gasteiger partial charge in [-0.05, 0) is 236 Å². The van der Waals surface area contributed by atoms with Crippen molar-refractivity contribution in [1.82, 2.24) is 15.1 Å². The van der Waals surface area contributed by atoms with E-state index in [0.717, 1.165) is 127 Å². The quantitative estimate of drug-likeness (QED) is 0.00871. The first-order valence-electron chi connectivity index (χ1n) is 38.4. The maximum Gasteiger partial charge on any atom is 0.300 e. The number of hydrogen-bond donors (Lipinski definition) is 7. The maximum atomic E-state index is 12.7. The van der Waals surface area contributed by atoms with Gasteiger partial charge in [0.2, 0.25) is 6.08 Å². The molecule has 0 unspecified atom stereocenters. The fourth-order valence-corrected chi connectivity index (χ4v) is 9.05. The molecule has 23 heteroatoms. The number of aldehydes is 2. The number of ketones is 1. The molecule has 0 aliphatic carbocycles. The van der Waals surface area contributed by atoms with E-state index in [-0.39, 0.29) is 17.4 Å². The number of rotatable bonds is 26. The molecule has 21 nitrogen and oxygen atoms in total. The lowest BCUT2D eigenvalue weighted by Gasteiger charge is -2.29. The first-order chi connectivity index (χ1) is 54.5. The van der Waals surface area contributed by atoms with E-state index < -0.39 is 5.97 Å². The van der Waals surface area contributed by atoms with Crippen LogP contribution in [-0.2, 0) is 47.1 Å². The number of ether oxygens (including phenoxy) is 5. The van der Waals surface area contributed by atoms with Crippen LogP contribution in [0.3, 0.4) is 0 Å². The number of benzene rings is 8. The molecule has 2 fully saturated rings. The normalized spacial score (nSPS) is 12.2. The summed E-state index contributed by atoms with van der Waals surface area (Å²) in [6.07, 6.45) is 8.39. The number of carbonyl (C=O) groups is 4. The van der Waals surface area contributed by atoms with Crippen molar-refractivity contribution in [2.75, 3.05) is 73.3 Å². The van der Waals surface area contributed by atoms with Crippen LogP contribution >= 0.6 is 0 Å². The summed E-state index contributed by atoms with van der Waals surface area (Å²) >= 11 is 0.